The van der Waals surface area contributed by atoms with Gasteiger partial charge in [-0.25, -0.2) is 0 Å². The first-order chi connectivity index (χ1) is 7.92. The molecular formula is C13H18N2O. The van der Waals surface area contributed by atoms with Crippen molar-refractivity contribution in [3.8, 4) is 5.75 Å². The van der Waals surface area contributed by atoms with E-state index in [0.717, 1.165) is 37.8 Å². The van der Waals surface area contributed by atoms with Crippen molar-refractivity contribution in [2.24, 2.45) is 5.92 Å². The number of hydrogen-bond acceptors (Lipinski definition) is 3. The minimum atomic E-state index is 0.782. The number of benzene rings is 1. The van der Waals surface area contributed by atoms with Crippen LogP contribution in [0.4, 0.5) is 5.69 Å². The highest BCUT2D eigenvalue weighted by molar-refractivity contribution is 5.52. The maximum Gasteiger partial charge on any atom is 0.122 e. The molecule has 3 rings (SSSR count). The zero-order chi connectivity index (χ0) is 10.8. The monoisotopic (exact) mass is 218 g/mol. The van der Waals surface area contributed by atoms with Gasteiger partial charge in [-0.1, -0.05) is 0 Å². The maximum atomic E-state index is 5.49. The SMILES string of the molecule is c1cc2c(cc1NCC1CCNC1)CCO2. The number of ether oxygens (including phenoxy) is 1. The Balaban J connectivity index is 1.61. The molecule has 1 atom stereocenters. The molecule has 2 N–H and O–H groups in total. The van der Waals surface area contributed by atoms with E-state index in [4.69, 9.17) is 4.74 Å². The summed E-state index contributed by atoms with van der Waals surface area (Å²) in [5, 5.41) is 6.91. The third-order valence-corrected chi connectivity index (χ3v) is 3.45. The van der Waals surface area contributed by atoms with Crippen molar-refractivity contribution in [2.75, 3.05) is 31.6 Å². The van der Waals surface area contributed by atoms with Crippen LogP contribution in [-0.4, -0.2) is 26.2 Å². The van der Waals surface area contributed by atoms with Gasteiger partial charge in [-0.3, -0.25) is 0 Å². The van der Waals surface area contributed by atoms with Crippen molar-refractivity contribution in [3.63, 3.8) is 0 Å². The summed E-state index contributed by atoms with van der Waals surface area (Å²) in [7, 11) is 0. The van der Waals surface area contributed by atoms with Crippen molar-refractivity contribution in [2.45, 2.75) is 12.8 Å². The fourth-order valence-corrected chi connectivity index (χ4v) is 2.45. The van der Waals surface area contributed by atoms with E-state index in [0.29, 0.717) is 0 Å². The number of nitrogens with one attached hydrogen (secondary N) is 2. The molecule has 1 aromatic rings. The highest BCUT2D eigenvalue weighted by atomic mass is 16.5. The molecule has 3 nitrogen and oxygen atoms in total. The normalized spacial score (nSPS) is 22.9. The fourth-order valence-electron chi connectivity index (χ4n) is 2.45. The van der Waals surface area contributed by atoms with Crippen molar-refractivity contribution >= 4 is 5.69 Å². The lowest BCUT2D eigenvalue weighted by Gasteiger charge is -2.12. The van der Waals surface area contributed by atoms with Crippen LogP contribution in [0.15, 0.2) is 18.2 Å². The second-order valence-corrected chi connectivity index (χ2v) is 4.66. The molecule has 0 radical (unpaired) electrons. The van der Waals surface area contributed by atoms with Gasteiger partial charge in [0.2, 0.25) is 0 Å². The summed E-state index contributed by atoms with van der Waals surface area (Å²) < 4.78 is 5.49. The van der Waals surface area contributed by atoms with Gasteiger partial charge in [-0.15, -0.1) is 0 Å². The summed E-state index contributed by atoms with van der Waals surface area (Å²) in [6, 6.07) is 6.43. The third-order valence-electron chi connectivity index (χ3n) is 3.45. The molecule has 0 aromatic heterocycles. The van der Waals surface area contributed by atoms with Gasteiger partial charge in [-0.05, 0) is 49.2 Å². The highest BCUT2D eigenvalue weighted by Crippen LogP contribution is 2.27. The first kappa shape index (κ1) is 9.97. The Morgan fingerprint density at radius 1 is 1.44 bits per heavy atom. The Labute approximate surface area is 96.2 Å². The molecule has 1 fully saturated rings. The van der Waals surface area contributed by atoms with Crippen LogP contribution in [0.2, 0.25) is 0 Å². The van der Waals surface area contributed by atoms with Gasteiger partial charge in [0.05, 0.1) is 6.61 Å². The first-order valence-electron chi connectivity index (χ1n) is 6.12. The van der Waals surface area contributed by atoms with E-state index in [9.17, 15) is 0 Å². The molecule has 0 aliphatic carbocycles. The van der Waals surface area contributed by atoms with E-state index >= 15 is 0 Å². The van der Waals surface area contributed by atoms with E-state index in [1.54, 1.807) is 0 Å². The lowest BCUT2D eigenvalue weighted by Crippen LogP contribution is -2.17. The van der Waals surface area contributed by atoms with Gasteiger partial charge in [0.25, 0.3) is 0 Å². The van der Waals surface area contributed by atoms with Crippen LogP contribution >= 0.6 is 0 Å². The van der Waals surface area contributed by atoms with Gasteiger partial charge in [0.1, 0.15) is 5.75 Å². The average molecular weight is 218 g/mol. The standard InChI is InChI=1S/C13H18N2O/c1-2-13-11(4-6-16-13)7-12(1)15-9-10-3-5-14-8-10/h1-2,7,10,14-15H,3-6,8-9H2. The van der Waals surface area contributed by atoms with Gasteiger partial charge in [0.15, 0.2) is 0 Å². The lowest BCUT2D eigenvalue weighted by atomic mass is 10.1. The molecule has 1 unspecified atom stereocenters. The minimum absolute atomic E-state index is 0.782. The maximum absolute atomic E-state index is 5.49. The summed E-state index contributed by atoms with van der Waals surface area (Å²) in [4.78, 5) is 0. The molecule has 1 aromatic carbocycles. The lowest BCUT2D eigenvalue weighted by molar-refractivity contribution is 0.357. The summed E-state index contributed by atoms with van der Waals surface area (Å²) in [6.07, 6.45) is 2.34. The second-order valence-electron chi connectivity index (χ2n) is 4.66. The van der Waals surface area contributed by atoms with E-state index in [2.05, 4.69) is 28.8 Å². The summed E-state index contributed by atoms with van der Waals surface area (Å²) >= 11 is 0. The number of rotatable bonds is 3. The van der Waals surface area contributed by atoms with E-state index in [-0.39, 0.29) is 0 Å². The van der Waals surface area contributed by atoms with Crippen molar-refractivity contribution in [1.29, 1.82) is 0 Å². The molecule has 0 saturated carbocycles. The average Bonchev–Trinajstić information content (AvgIpc) is 2.97. The molecule has 2 aliphatic rings. The Morgan fingerprint density at radius 3 is 3.31 bits per heavy atom. The number of fused-ring (bicyclic) bond motifs is 1. The van der Waals surface area contributed by atoms with E-state index in [1.807, 2.05) is 0 Å². The zero-order valence-corrected chi connectivity index (χ0v) is 9.46. The van der Waals surface area contributed by atoms with Crippen molar-refractivity contribution in [3.05, 3.63) is 23.8 Å². The Hall–Kier alpha value is -1.22. The van der Waals surface area contributed by atoms with Gasteiger partial charge < -0.3 is 15.4 Å². The molecule has 86 valence electrons. The molecule has 2 heterocycles. The van der Waals surface area contributed by atoms with Crippen LogP contribution < -0.4 is 15.4 Å². The molecule has 0 bridgehead atoms. The van der Waals surface area contributed by atoms with E-state index < -0.39 is 0 Å². The number of hydrogen-bond donors (Lipinski definition) is 2. The van der Waals surface area contributed by atoms with Crippen molar-refractivity contribution < 1.29 is 4.74 Å². The molecule has 0 amide bonds. The van der Waals surface area contributed by atoms with Crippen LogP contribution in [0.25, 0.3) is 0 Å². The second kappa shape index (κ2) is 4.34. The molecule has 2 aliphatic heterocycles. The van der Waals surface area contributed by atoms with Crippen LogP contribution in [0.5, 0.6) is 5.75 Å². The van der Waals surface area contributed by atoms with Crippen molar-refractivity contribution in [1.82, 2.24) is 5.32 Å². The zero-order valence-electron chi connectivity index (χ0n) is 9.46. The smallest absolute Gasteiger partial charge is 0.122 e. The van der Waals surface area contributed by atoms with Crippen LogP contribution in [0, 0.1) is 5.92 Å². The minimum Gasteiger partial charge on any atom is -0.493 e. The van der Waals surface area contributed by atoms with Gasteiger partial charge >= 0.3 is 0 Å². The Bertz CT molecular complexity index is 372. The summed E-state index contributed by atoms with van der Waals surface area (Å²) in [6.45, 7) is 4.24. The molecule has 3 heteroatoms. The Morgan fingerprint density at radius 2 is 2.44 bits per heavy atom. The highest BCUT2D eigenvalue weighted by Gasteiger charge is 2.15. The largest absolute Gasteiger partial charge is 0.493 e. The molecule has 1 saturated heterocycles. The predicted molar refractivity (Wildman–Crippen MR) is 65.1 cm³/mol. The third kappa shape index (κ3) is 2.00. The number of anilines is 1. The topological polar surface area (TPSA) is 33.3 Å². The van der Waals surface area contributed by atoms with Crippen LogP contribution in [0.1, 0.15) is 12.0 Å². The van der Waals surface area contributed by atoms with Crippen LogP contribution in [-0.2, 0) is 6.42 Å². The summed E-state index contributed by atoms with van der Waals surface area (Å²) in [5.41, 5.74) is 2.57. The molecule has 16 heavy (non-hydrogen) atoms. The molecule has 0 spiro atoms. The van der Waals surface area contributed by atoms with Gasteiger partial charge in [0, 0.05) is 18.7 Å². The van der Waals surface area contributed by atoms with E-state index in [1.165, 1.54) is 24.2 Å². The van der Waals surface area contributed by atoms with Crippen LogP contribution in [0.3, 0.4) is 0 Å². The fraction of sp³-hybridized carbons (Fsp3) is 0.538. The predicted octanol–water partition coefficient (Wildman–Crippen LogP) is 1.64. The first-order valence-corrected chi connectivity index (χ1v) is 6.12. The van der Waals surface area contributed by atoms with Gasteiger partial charge in [-0.2, -0.15) is 0 Å². The quantitative estimate of drug-likeness (QED) is 0.809. The Kier molecular flexibility index (Phi) is 2.70. The molecular weight excluding hydrogens is 200 g/mol. The summed E-state index contributed by atoms with van der Waals surface area (Å²) in [5.74, 6) is 1.84.